The minimum Gasteiger partial charge on any atom is -0.481 e. The second kappa shape index (κ2) is 4.91. The summed E-state index contributed by atoms with van der Waals surface area (Å²) in [6.07, 6.45) is 1.61. The highest BCUT2D eigenvalue weighted by Gasteiger charge is 2.00. The number of H-pyrrole nitrogens is 1. The number of nitrogens with one attached hydrogen (secondary N) is 2. The Morgan fingerprint density at radius 3 is 2.38 bits per heavy atom. The lowest BCUT2D eigenvalue weighted by atomic mass is 10.2. The van der Waals surface area contributed by atoms with E-state index in [1.54, 1.807) is 13.1 Å². The van der Waals surface area contributed by atoms with Crippen molar-refractivity contribution < 1.29 is 9.90 Å². The number of nitrogen functional groups attached to an aromatic ring is 1. The fraction of sp³-hybridized carbons (Fsp3) is 0.286. The topological polar surface area (TPSA) is 116 Å². The average molecular weight is 184 g/mol. The summed E-state index contributed by atoms with van der Waals surface area (Å²) in [5.74, 6) is -0.777. The van der Waals surface area contributed by atoms with E-state index in [1.807, 2.05) is 0 Å². The lowest BCUT2D eigenvalue weighted by molar-refractivity contribution is -0.134. The number of nitrogens with two attached hydrogens (primary N) is 1. The molecule has 0 aromatic carbocycles. The summed E-state index contributed by atoms with van der Waals surface area (Å²) in [5.41, 5.74) is 6.62. The van der Waals surface area contributed by atoms with Crippen LogP contribution in [0.25, 0.3) is 0 Å². The molecule has 0 saturated carbocycles. The highest BCUT2D eigenvalue weighted by molar-refractivity contribution is 5.95. The molecule has 0 atom stereocenters. The Labute approximate surface area is 75.3 Å². The van der Waals surface area contributed by atoms with Crippen molar-refractivity contribution in [2.75, 3.05) is 0 Å². The van der Waals surface area contributed by atoms with Crippen molar-refractivity contribution in [2.24, 2.45) is 5.73 Å². The fourth-order valence-electron chi connectivity index (χ4n) is 0.631. The van der Waals surface area contributed by atoms with E-state index >= 15 is 0 Å². The van der Waals surface area contributed by atoms with Gasteiger partial charge in [-0.3, -0.25) is 15.3 Å². The zero-order valence-electron chi connectivity index (χ0n) is 7.46. The summed E-state index contributed by atoms with van der Waals surface area (Å²) < 4.78 is 0. The van der Waals surface area contributed by atoms with Crippen LogP contribution in [-0.2, 0) is 4.79 Å². The number of carboxylic acids is 1. The van der Waals surface area contributed by atoms with Crippen molar-refractivity contribution in [3.63, 3.8) is 0 Å². The van der Waals surface area contributed by atoms with Crippen LogP contribution in [0.4, 0.5) is 0 Å². The highest BCUT2D eigenvalue weighted by atomic mass is 16.4. The van der Waals surface area contributed by atoms with Crippen molar-refractivity contribution in [2.45, 2.75) is 13.8 Å². The van der Waals surface area contributed by atoms with Crippen LogP contribution in [0.3, 0.4) is 0 Å². The first-order valence-corrected chi connectivity index (χ1v) is 3.49. The van der Waals surface area contributed by atoms with Gasteiger partial charge in [0.2, 0.25) is 0 Å². The minimum atomic E-state index is -0.833. The minimum absolute atomic E-state index is 0.0567. The van der Waals surface area contributed by atoms with Crippen LogP contribution in [0, 0.1) is 12.3 Å². The molecule has 72 valence electrons. The molecule has 0 aliphatic carbocycles. The Balaban J connectivity index is 0.000000310. The van der Waals surface area contributed by atoms with Crippen molar-refractivity contribution in [1.82, 2.24) is 10.2 Å². The molecule has 0 unspecified atom stereocenters. The van der Waals surface area contributed by atoms with Crippen LogP contribution < -0.4 is 5.73 Å². The van der Waals surface area contributed by atoms with Gasteiger partial charge in [0.05, 0.1) is 11.3 Å². The molecule has 0 aliphatic heterocycles. The lowest BCUT2D eigenvalue weighted by Crippen LogP contribution is -2.11. The summed E-state index contributed by atoms with van der Waals surface area (Å²) in [5, 5.41) is 20.8. The number of amidine groups is 1. The first kappa shape index (κ1) is 11.2. The molecule has 1 aromatic rings. The van der Waals surface area contributed by atoms with E-state index in [0.717, 1.165) is 12.6 Å². The smallest absolute Gasteiger partial charge is 0.300 e. The van der Waals surface area contributed by atoms with Gasteiger partial charge in [0, 0.05) is 13.1 Å². The molecule has 0 bridgehead atoms. The predicted molar refractivity (Wildman–Crippen MR) is 47.7 cm³/mol. The largest absolute Gasteiger partial charge is 0.481 e. The number of aliphatic carboxylic acids is 1. The Hall–Kier alpha value is -1.85. The number of rotatable bonds is 1. The summed E-state index contributed by atoms with van der Waals surface area (Å²) in [6.45, 7) is 2.88. The zero-order chi connectivity index (χ0) is 10.4. The first-order chi connectivity index (χ1) is 5.95. The number of hydrogen-bond donors (Lipinski definition) is 4. The van der Waals surface area contributed by atoms with Gasteiger partial charge in [-0.05, 0) is 6.92 Å². The number of aromatic nitrogens is 2. The SMILES string of the molecule is CC(=O)O.Cc1n[nH]cc1C(=N)N. The first-order valence-electron chi connectivity index (χ1n) is 3.49. The molecule has 0 radical (unpaired) electrons. The number of nitrogens with zero attached hydrogens (tertiary/aromatic N) is 1. The molecule has 0 fully saturated rings. The van der Waals surface area contributed by atoms with Crippen LogP contribution in [0.5, 0.6) is 0 Å². The normalized spacial score (nSPS) is 8.46. The van der Waals surface area contributed by atoms with Crippen molar-refractivity contribution in [3.05, 3.63) is 17.5 Å². The molecule has 0 saturated heterocycles. The molecule has 6 heteroatoms. The number of aryl methyl sites for hydroxylation is 1. The second-order valence-electron chi connectivity index (χ2n) is 2.32. The third-order valence-electron chi connectivity index (χ3n) is 1.12. The van der Waals surface area contributed by atoms with Crippen LogP contribution in [0.1, 0.15) is 18.2 Å². The molecule has 13 heavy (non-hydrogen) atoms. The quantitative estimate of drug-likeness (QED) is 0.365. The standard InChI is InChI=1S/C5H8N4.C2H4O2/c1-3-4(5(6)7)2-8-9-3;1-2(3)4/h2H,1H3,(H3,6,7)(H,8,9);1H3,(H,3,4). The van der Waals surface area contributed by atoms with E-state index in [1.165, 1.54) is 0 Å². The van der Waals surface area contributed by atoms with Gasteiger partial charge in [-0.2, -0.15) is 5.10 Å². The molecule has 0 spiro atoms. The Morgan fingerprint density at radius 2 is 2.23 bits per heavy atom. The predicted octanol–water partition coefficient (Wildman–Crippen LogP) is 0.0931. The monoisotopic (exact) mass is 184 g/mol. The van der Waals surface area contributed by atoms with Gasteiger partial charge in [-0.1, -0.05) is 0 Å². The van der Waals surface area contributed by atoms with E-state index in [9.17, 15) is 0 Å². The second-order valence-corrected chi connectivity index (χ2v) is 2.32. The Morgan fingerprint density at radius 1 is 1.77 bits per heavy atom. The average Bonchev–Trinajstić information content (AvgIpc) is 2.33. The maximum absolute atomic E-state index is 9.00. The van der Waals surface area contributed by atoms with Crippen LogP contribution >= 0.6 is 0 Å². The fourth-order valence-corrected chi connectivity index (χ4v) is 0.631. The van der Waals surface area contributed by atoms with E-state index < -0.39 is 5.97 Å². The van der Waals surface area contributed by atoms with Crippen molar-refractivity contribution >= 4 is 11.8 Å². The molecular weight excluding hydrogens is 172 g/mol. The molecule has 6 nitrogen and oxygen atoms in total. The third kappa shape index (κ3) is 4.57. The molecule has 0 aliphatic rings. The van der Waals surface area contributed by atoms with Crippen LogP contribution in [0.15, 0.2) is 6.20 Å². The van der Waals surface area contributed by atoms with Gasteiger partial charge >= 0.3 is 0 Å². The zero-order valence-corrected chi connectivity index (χ0v) is 7.46. The van der Waals surface area contributed by atoms with Crippen LogP contribution in [0.2, 0.25) is 0 Å². The maximum atomic E-state index is 9.00. The van der Waals surface area contributed by atoms with Gasteiger partial charge in [-0.25, -0.2) is 0 Å². The summed E-state index contributed by atoms with van der Waals surface area (Å²) in [6, 6.07) is 0. The summed E-state index contributed by atoms with van der Waals surface area (Å²) >= 11 is 0. The molecule has 1 aromatic heterocycles. The van der Waals surface area contributed by atoms with E-state index in [4.69, 9.17) is 21.0 Å². The Kier molecular flexibility index (Phi) is 4.21. The highest BCUT2D eigenvalue weighted by Crippen LogP contribution is 1.98. The van der Waals surface area contributed by atoms with Gasteiger partial charge in [0.1, 0.15) is 5.84 Å². The molecule has 1 rings (SSSR count). The van der Waals surface area contributed by atoms with Crippen molar-refractivity contribution in [3.8, 4) is 0 Å². The Bertz CT molecular complexity index is 301. The lowest BCUT2D eigenvalue weighted by Gasteiger charge is -1.89. The van der Waals surface area contributed by atoms with Gasteiger partial charge in [0.15, 0.2) is 0 Å². The van der Waals surface area contributed by atoms with E-state index in [0.29, 0.717) is 5.56 Å². The maximum Gasteiger partial charge on any atom is 0.300 e. The third-order valence-corrected chi connectivity index (χ3v) is 1.12. The molecule has 1 heterocycles. The number of carboxylic acid groups (broad SMARTS) is 1. The summed E-state index contributed by atoms with van der Waals surface area (Å²) in [7, 11) is 0. The van der Waals surface area contributed by atoms with E-state index in [2.05, 4.69) is 10.2 Å². The van der Waals surface area contributed by atoms with Crippen LogP contribution in [-0.4, -0.2) is 27.1 Å². The molecular formula is C7H12N4O2. The number of aromatic amines is 1. The molecule has 0 amide bonds. The number of hydrogen-bond acceptors (Lipinski definition) is 3. The van der Waals surface area contributed by atoms with Gasteiger partial charge < -0.3 is 10.8 Å². The number of carbonyl (C=O) groups is 1. The molecule has 5 N–H and O–H groups in total. The van der Waals surface area contributed by atoms with Crippen molar-refractivity contribution in [1.29, 1.82) is 5.41 Å². The van der Waals surface area contributed by atoms with Gasteiger partial charge in [-0.15, -0.1) is 0 Å². The summed E-state index contributed by atoms with van der Waals surface area (Å²) in [4.78, 5) is 9.00. The van der Waals surface area contributed by atoms with E-state index in [-0.39, 0.29) is 5.84 Å². The van der Waals surface area contributed by atoms with Gasteiger partial charge in [0.25, 0.3) is 5.97 Å².